The Labute approximate surface area is 151 Å². The number of hydrogen-bond acceptors (Lipinski definition) is 6. The summed E-state index contributed by atoms with van der Waals surface area (Å²) < 4.78 is 1.35. The van der Waals surface area contributed by atoms with E-state index >= 15 is 0 Å². The molecule has 3 rings (SSSR count). The van der Waals surface area contributed by atoms with Crippen LogP contribution in [0.3, 0.4) is 0 Å². The van der Waals surface area contributed by atoms with Crippen LogP contribution in [0.1, 0.15) is 26.4 Å². The molecular formula is C16H14BrN5O3. The number of aryl methyl sites for hydroxylation is 1. The minimum Gasteiger partial charge on any atom is -0.394 e. The van der Waals surface area contributed by atoms with Gasteiger partial charge in [0, 0.05) is 29.1 Å². The summed E-state index contributed by atoms with van der Waals surface area (Å²) in [5.41, 5.74) is 6.49. The molecule has 1 heterocycles. The third kappa shape index (κ3) is 3.36. The molecule has 9 heteroatoms. The smallest absolute Gasteiger partial charge is 0.246 e. The van der Waals surface area contributed by atoms with Crippen LogP contribution in [0.5, 0.6) is 0 Å². The van der Waals surface area contributed by atoms with Gasteiger partial charge in [-0.1, -0.05) is 45.4 Å². The maximum atomic E-state index is 12.5. The Kier molecular flexibility index (Phi) is 4.75. The normalized spacial score (nSPS) is 13.8. The van der Waals surface area contributed by atoms with Crippen LogP contribution in [0.15, 0.2) is 41.9 Å². The van der Waals surface area contributed by atoms with Crippen molar-refractivity contribution >= 4 is 33.4 Å². The third-order valence-electron chi connectivity index (χ3n) is 3.66. The predicted octanol–water partition coefficient (Wildman–Crippen LogP) is 0.581. The lowest BCUT2D eigenvalue weighted by molar-refractivity contribution is -0.121. The molecule has 0 saturated heterocycles. The number of amides is 1. The molecule has 3 N–H and O–H groups in total. The standard InChI is InChI=1S/C16H14BrN5O3/c17-6-5-9-7-22(21-20-9)8-12(23)19-14-13(18)15(24)10-3-1-2-4-11(10)16(14)25/h1-4,7H,5-6,8,18H2,(H,19,23). The zero-order chi connectivity index (χ0) is 18.0. The average molecular weight is 404 g/mol. The Morgan fingerprint density at radius 1 is 1.20 bits per heavy atom. The van der Waals surface area contributed by atoms with Gasteiger partial charge in [-0.2, -0.15) is 0 Å². The molecule has 2 aromatic rings. The molecule has 1 aliphatic rings. The van der Waals surface area contributed by atoms with Crippen molar-refractivity contribution in [3.05, 3.63) is 58.7 Å². The summed E-state index contributed by atoms with van der Waals surface area (Å²) in [7, 11) is 0. The SMILES string of the molecule is NC1=C(NC(=O)Cn2cc(CCBr)nn2)C(=O)c2ccccc2C1=O. The van der Waals surface area contributed by atoms with Gasteiger partial charge in [-0.15, -0.1) is 5.10 Å². The maximum Gasteiger partial charge on any atom is 0.246 e. The number of benzene rings is 1. The van der Waals surface area contributed by atoms with Crippen LogP contribution in [0.4, 0.5) is 0 Å². The van der Waals surface area contributed by atoms with E-state index in [1.165, 1.54) is 16.8 Å². The Hall–Kier alpha value is -2.81. The highest BCUT2D eigenvalue weighted by Crippen LogP contribution is 2.22. The highest BCUT2D eigenvalue weighted by molar-refractivity contribution is 9.09. The van der Waals surface area contributed by atoms with Gasteiger partial charge in [0.1, 0.15) is 17.9 Å². The van der Waals surface area contributed by atoms with Crippen LogP contribution in [0.2, 0.25) is 0 Å². The van der Waals surface area contributed by atoms with Crippen molar-refractivity contribution in [3.63, 3.8) is 0 Å². The largest absolute Gasteiger partial charge is 0.394 e. The fraction of sp³-hybridized carbons (Fsp3) is 0.188. The van der Waals surface area contributed by atoms with Crippen LogP contribution < -0.4 is 11.1 Å². The van der Waals surface area contributed by atoms with Gasteiger partial charge in [-0.05, 0) is 0 Å². The summed E-state index contributed by atoms with van der Waals surface area (Å²) in [5.74, 6) is -1.49. The number of hydrogen-bond donors (Lipinski definition) is 2. The highest BCUT2D eigenvalue weighted by Gasteiger charge is 2.31. The molecule has 0 radical (unpaired) electrons. The number of allylic oxidation sites excluding steroid dienone is 2. The molecule has 0 spiro atoms. The first-order valence-corrected chi connectivity index (χ1v) is 8.56. The number of carbonyl (C=O) groups is 3. The van der Waals surface area contributed by atoms with Crippen LogP contribution in [0, 0.1) is 0 Å². The molecule has 0 unspecified atom stereocenters. The quantitative estimate of drug-likeness (QED) is 0.704. The average Bonchev–Trinajstić information content (AvgIpc) is 3.04. The molecule has 0 aliphatic heterocycles. The van der Waals surface area contributed by atoms with Gasteiger partial charge in [0.05, 0.1) is 5.69 Å². The van der Waals surface area contributed by atoms with Gasteiger partial charge in [0.2, 0.25) is 17.5 Å². The molecule has 0 fully saturated rings. The molecular weight excluding hydrogens is 390 g/mol. The molecule has 25 heavy (non-hydrogen) atoms. The summed E-state index contributed by atoms with van der Waals surface area (Å²) in [6, 6.07) is 6.35. The predicted molar refractivity (Wildman–Crippen MR) is 92.0 cm³/mol. The molecule has 1 aliphatic carbocycles. The van der Waals surface area contributed by atoms with Crippen molar-refractivity contribution in [1.82, 2.24) is 20.3 Å². The van der Waals surface area contributed by atoms with E-state index in [2.05, 4.69) is 31.6 Å². The van der Waals surface area contributed by atoms with Gasteiger partial charge in [0.25, 0.3) is 0 Å². The maximum absolute atomic E-state index is 12.5. The molecule has 1 amide bonds. The minimum atomic E-state index is -0.520. The second kappa shape index (κ2) is 6.98. The Balaban J connectivity index is 1.77. The fourth-order valence-electron chi connectivity index (χ4n) is 2.47. The number of Topliss-reactive ketones (excluding diaryl/α,β-unsaturated/α-hetero) is 2. The molecule has 1 aromatic carbocycles. The van der Waals surface area contributed by atoms with Crippen molar-refractivity contribution in [2.24, 2.45) is 5.73 Å². The fourth-order valence-corrected chi connectivity index (χ4v) is 2.88. The van der Waals surface area contributed by atoms with Crippen LogP contribution in [-0.2, 0) is 17.8 Å². The topological polar surface area (TPSA) is 120 Å². The Morgan fingerprint density at radius 2 is 1.88 bits per heavy atom. The van der Waals surface area contributed by atoms with Crippen LogP contribution in [-0.4, -0.2) is 37.8 Å². The zero-order valence-corrected chi connectivity index (χ0v) is 14.6. The van der Waals surface area contributed by atoms with Gasteiger partial charge in [-0.3, -0.25) is 14.4 Å². The van der Waals surface area contributed by atoms with Gasteiger partial charge >= 0.3 is 0 Å². The molecule has 0 atom stereocenters. The molecule has 8 nitrogen and oxygen atoms in total. The number of nitrogens with two attached hydrogens (primary N) is 1. The third-order valence-corrected chi connectivity index (χ3v) is 4.06. The van der Waals surface area contributed by atoms with Crippen molar-refractivity contribution in [1.29, 1.82) is 0 Å². The van der Waals surface area contributed by atoms with E-state index in [0.29, 0.717) is 6.42 Å². The number of fused-ring (bicyclic) bond motifs is 1. The number of nitrogens with one attached hydrogen (secondary N) is 1. The summed E-state index contributed by atoms with van der Waals surface area (Å²) in [6.07, 6.45) is 2.32. The van der Waals surface area contributed by atoms with E-state index < -0.39 is 17.5 Å². The van der Waals surface area contributed by atoms with E-state index in [1.54, 1.807) is 18.3 Å². The monoisotopic (exact) mass is 403 g/mol. The summed E-state index contributed by atoms with van der Waals surface area (Å²) >= 11 is 3.30. The van der Waals surface area contributed by atoms with E-state index in [0.717, 1.165) is 11.0 Å². The van der Waals surface area contributed by atoms with E-state index in [-0.39, 0.29) is 29.1 Å². The first kappa shape index (κ1) is 17.0. The van der Waals surface area contributed by atoms with E-state index in [9.17, 15) is 14.4 Å². The lowest BCUT2D eigenvalue weighted by Gasteiger charge is -2.18. The van der Waals surface area contributed by atoms with Crippen molar-refractivity contribution in [2.45, 2.75) is 13.0 Å². The number of ketones is 2. The molecule has 128 valence electrons. The zero-order valence-electron chi connectivity index (χ0n) is 13.0. The summed E-state index contributed by atoms with van der Waals surface area (Å²) in [4.78, 5) is 37.0. The Morgan fingerprint density at radius 3 is 2.56 bits per heavy atom. The molecule has 0 saturated carbocycles. The number of halogens is 1. The number of alkyl halides is 1. The van der Waals surface area contributed by atoms with Crippen LogP contribution in [0.25, 0.3) is 0 Å². The van der Waals surface area contributed by atoms with Crippen molar-refractivity contribution < 1.29 is 14.4 Å². The van der Waals surface area contributed by atoms with Gasteiger partial charge < -0.3 is 11.1 Å². The number of rotatable bonds is 5. The van der Waals surface area contributed by atoms with E-state index in [1.807, 2.05) is 0 Å². The Bertz CT molecular complexity index is 903. The lowest BCUT2D eigenvalue weighted by atomic mass is 9.90. The van der Waals surface area contributed by atoms with Crippen molar-refractivity contribution in [3.8, 4) is 0 Å². The lowest BCUT2D eigenvalue weighted by Crippen LogP contribution is -2.37. The molecule has 0 bridgehead atoms. The van der Waals surface area contributed by atoms with E-state index in [4.69, 9.17) is 5.73 Å². The van der Waals surface area contributed by atoms with Gasteiger partial charge in [0.15, 0.2) is 0 Å². The molecule has 1 aromatic heterocycles. The highest BCUT2D eigenvalue weighted by atomic mass is 79.9. The second-order valence-electron chi connectivity index (χ2n) is 5.39. The summed E-state index contributed by atoms with van der Waals surface area (Å²) in [5, 5.41) is 10.9. The number of carbonyl (C=O) groups excluding carboxylic acids is 3. The number of nitrogens with zero attached hydrogens (tertiary/aromatic N) is 3. The van der Waals surface area contributed by atoms with Crippen molar-refractivity contribution in [2.75, 3.05) is 5.33 Å². The first-order chi connectivity index (χ1) is 12.0. The van der Waals surface area contributed by atoms with Gasteiger partial charge in [-0.25, -0.2) is 4.68 Å². The first-order valence-electron chi connectivity index (χ1n) is 7.44. The summed E-state index contributed by atoms with van der Waals surface area (Å²) in [6.45, 7) is -0.144. The second-order valence-corrected chi connectivity index (χ2v) is 6.18. The number of aromatic nitrogens is 3. The van der Waals surface area contributed by atoms with Crippen LogP contribution >= 0.6 is 15.9 Å². The minimum absolute atomic E-state index is 0.144.